The standard InChI is InChI=1S/C12H14BrFN2O2/c1-7(2)18-12-5-11(10(14)4-9(12)13)16-15-6-8(3)17/h4-7,16H,1-3H3. The van der Waals surface area contributed by atoms with E-state index in [1.165, 1.54) is 19.1 Å². The van der Waals surface area contributed by atoms with E-state index in [9.17, 15) is 9.18 Å². The minimum atomic E-state index is -0.487. The fourth-order valence-corrected chi connectivity index (χ4v) is 1.56. The van der Waals surface area contributed by atoms with Gasteiger partial charge in [0.15, 0.2) is 5.78 Å². The number of ketones is 1. The molecule has 0 aromatic heterocycles. The van der Waals surface area contributed by atoms with Crippen molar-refractivity contribution in [2.24, 2.45) is 5.10 Å². The number of anilines is 1. The highest BCUT2D eigenvalue weighted by molar-refractivity contribution is 9.10. The van der Waals surface area contributed by atoms with Gasteiger partial charge in [0.25, 0.3) is 0 Å². The molecule has 0 heterocycles. The molecule has 0 unspecified atom stereocenters. The second-order valence-electron chi connectivity index (χ2n) is 3.91. The highest BCUT2D eigenvalue weighted by Gasteiger charge is 2.10. The quantitative estimate of drug-likeness (QED) is 0.669. The monoisotopic (exact) mass is 316 g/mol. The molecule has 0 bridgehead atoms. The Labute approximate surface area is 113 Å². The summed E-state index contributed by atoms with van der Waals surface area (Å²) in [6.45, 7) is 5.10. The summed E-state index contributed by atoms with van der Waals surface area (Å²) in [5, 5.41) is 3.62. The van der Waals surface area contributed by atoms with Crippen molar-refractivity contribution in [3.63, 3.8) is 0 Å². The summed E-state index contributed by atoms with van der Waals surface area (Å²) in [5.74, 6) is -0.204. The number of nitrogens with zero attached hydrogens (tertiary/aromatic N) is 1. The first-order valence-corrected chi connectivity index (χ1v) is 6.14. The summed E-state index contributed by atoms with van der Waals surface area (Å²) < 4.78 is 19.6. The molecule has 1 N–H and O–H groups in total. The van der Waals surface area contributed by atoms with E-state index >= 15 is 0 Å². The predicted molar refractivity (Wildman–Crippen MR) is 72.7 cm³/mol. The number of carbonyl (C=O) groups excluding carboxylic acids is 1. The van der Waals surface area contributed by atoms with Gasteiger partial charge in [0.05, 0.1) is 22.5 Å². The van der Waals surface area contributed by atoms with Gasteiger partial charge in [-0.3, -0.25) is 10.2 Å². The van der Waals surface area contributed by atoms with Gasteiger partial charge >= 0.3 is 0 Å². The Hall–Kier alpha value is -1.43. The molecule has 1 aromatic rings. The molecule has 98 valence electrons. The fourth-order valence-electron chi connectivity index (χ4n) is 1.15. The smallest absolute Gasteiger partial charge is 0.172 e. The number of hydrogen-bond acceptors (Lipinski definition) is 4. The van der Waals surface area contributed by atoms with Gasteiger partial charge in [0, 0.05) is 13.0 Å². The predicted octanol–water partition coefficient (Wildman–Crippen LogP) is 3.36. The van der Waals surface area contributed by atoms with Gasteiger partial charge in [-0.2, -0.15) is 5.10 Å². The van der Waals surface area contributed by atoms with Gasteiger partial charge in [-0.15, -0.1) is 0 Å². The molecule has 0 aliphatic carbocycles. The van der Waals surface area contributed by atoms with Crippen molar-refractivity contribution in [1.29, 1.82) is 0 Å². The molecule has 1 rings (SSSR count). The molecular formula is C12H14BrFN2O2. The van der Waals surface area contributed by atoms with E-state index in [1.54, 1.807) is 0 Å². The number of benzene rings is 1. The molecular weight excluding hydrogens is 303 g/mol. The van der Waals surface area contributed by atoms with Crippen LogP contribution in [0.5, 0.6) is 5.75 Å². The Balaban J connectivity index is 2.94. The van der Waals surface area contributed by atoms with Crippen molar-refractivity contribution in [2.45, 2.75) is 26.9 Å². The third-order valence-corrected chi connectivity index (χ3v) is 2.44. The molecule has 6 heteroatoms. The Morgan fingerprint density at radius 2 is 2.22 bits per heavy atom. The first kappa shape index (κ1) is 14.6. The first-order chi connectivity index (χ1) is 8.40. The van der Waals surface area contributed by atoms with Crippen molar-refractivity contribution in [1.82, 2.24) is 0 Å². The molecule has 0 aliphatic rings. The molecule has 1 aromatic carbocycles. The molecule has 0 atom stereocenters. The maximum Gasteiger partial charge on any atom is 0.172 e. The van der Waals surface area contributed by atoms with Crippen LogP contribution in [0, 0.1) is 5.82 Å². The minimum Gasteiger partial charge on any atom is -0.490 e. The summed E-state index contributed by atoms with van der Waals surface area (Å²) in [5.41, 5.74) is 2.60. The average molecular weight is 317 g/mol. The van der Waals surface area contributed by atoms with Crippen molar-refractivity contribution in [2.75, 3.05) is 5.43 Å². The van der Waals surface area contributed by atoms with E-state index in [0.29, 0.717) is 10.2 Å². The molecule has 0 fully saturated rings. The summed E-state index contributed by atoms with van der Waals surface area (Å²) in [7, 11) is 0. The van der Waals surface area contributed by atoms with Crippen LogP contribution < -0.4 is 10.2 Å². The van der Waals surface area contributed by atoms with E-state index < -0.39 is 5.82 Å². The van der Waals surface area contributed by atoms with Crippen LogP contribution >= 0.6 is 15.9 Å². The van der Waals surface area contributed by atoms with Gasteiger partial charge < -0.3 is 4.74 Å². The lowest BCUT2D eigenvalue weighted by atomic mass is 10.3. The SMILES string of the molecule is CC(=O)C=NNc1cc(OC(C)C)c(Br)cc1F. The lowest BCUT2D eigenvalue weighted by molar-refractivity contribution is -0.110. The van der Waals surface area contributed by atoms with Crippen molar-refractivity contribution >= 4 is 33.6 Å². The van der Waals surface area contributed by atoms with Crippen molar-refractivity contribution in [3.05, 3.63) is 22.4 Å². The van der Waals surface area contributed by atoms with Crippen LogP contribution in [0.4, 0.5) is 10.1 Å². The van der Waals surface area contributed by atoms with E-state index in [4.69, 9.17) is 4.74 Å². The molecule has 0 saturated heterocycles. The molecule has 0 saturated carbocycles. The van der Waals surface area contributed by atoms with Gasteiger partial charge in [-0.25, -0.2) is 4.39 Å². The number of hydrogen-bond donors (Lipinski definition) is 1. The molecule has 4 nitrogen and oxygen atoms in total. The van der Waals surface area contributed by atoms with Crippen molar-refractivity contribution < 1.29 is 13.9 Å². The number of Topliss-reactive ketones (excluding diaryl/α,β-unsaturated/α-hetero) is 1. The number of hydrazone groups is 1. The van der Waals surface area contributed by atoms with Crippen LogP contribution in [-0.4, -0.2) is 18.1 Å². The van der Waals surface area contributed by atoms with E-state index in [1.807, 2.05) is 13.8 Å². The van der Waals surface area contributed by atoms with Crippen LogP contribution in [-0.2, 0) is 4.79 Å². The summed E-state index contributed by atoms with van der Waals surface area (Å²) in [6.07, 6.45) is 1.05. The molecule has 0 amide bonds. The zero-order valence-electron chi connectivity index (χ0n) is 10.3. The Morgan fingerprint density at radius 1 is 1.56 bits per heavy atom. The highest BCUT2D eigenvalue weighted by atomic mass is 79.9. The minimum absolute atomic E-state index is 0.0275. The normalized spacial score (nSPS) is 11.0. The van der Waals surface area contributed by atoms with Crippen LogP contribution in [0.2, 0.25) is 0 Å². The van der Waals surface area contributed by atoms with E-state index in [2.05, 4.69) is 26.5 Å². The van der Waals surface area contributed by atoms with Gasteiger partial charge in [0.1, 0.15) is 11.6 Å². The van der Waals surface area contributed by atoms with E-state index in [-0.39, 0.29) is 17.6 Å². The number of halogens is 2. The average Bonchev–Trinajstić information content (AvgIpc) is 2.23. The van der Waals surface area contributed by atoms with Crippen LogP contribution in [0.15, 0.2) is 21.7 Å². The highest BCUT2D eigenvalue weighted by Crippen LogP contribution is 2.31. The molecule has 18 heavy (non-hydrogen) atoms. The molecule has 0 radical (unpaired) electrons. The van der Waals surface area contributed by atoms with Gasteiger partial charge in [0.2, 0.25) is 0 Å². The number of rotatable bonds is 5. The number of ether oxygens (including phenoxy) is 1. The maximum absolute atomic E-state index is 13.6. The Bertz CT molecular complexity index is 475. The fraction of sp³-hybridized carbons (Fsp3) is 0.333. The Kier molecular flexibility index (Phi) is 5.27. The Morgan fingerprint density at radius 3 is 2.78 bits per heavy atom. The second-order valence-corrected chi connectivity index (χ2v) is 4.76. The van der Waals surface area contributed by atoms with E-state index in [0.717, 1.165) is 6.21 Å². The van der Waals surface area contributed by atoms with Gasteiger partial charge in [-0.05, 0) is 35.8 Å². The topological polar surface area (TPSA) is 50.7 Å². The van der Waals surface area contributed by atoms with Crippen LogP contribution in [0.1, 0.15) is 20.8 Å². The first-order valence-electron chi connectivity index (χ1n) is 5.35. The summed E-state index contributed by atoms with van der Waals surface area (Å²) in [4.78, 5) is 10.7. The van der Waals surface area contributed by atoms with Gasteiger partial charge in [-0.1, -0.05) is 0 Å². The zero-order chi connectivity index (χ0) is 13.7. The number of carbonyl (C=O) groups is 1. The van der Waals surface area contributed by atoms with Crippen LogP contribution in [0.3, 0.4) is 0 Å². The summed E-state index contributed by atoms with van der Waals surface area (Å²) >= 11 is 3.22. The van der Waals surface area contributed by atoms with Crippen LogP contribution in [0.25, 0.3) is 0 Å². The third-order valence-electron chi connectivity index (χ3n) is 1.82. The summed E-state index contributed by atoms with van der Waals surface area (Å²) in [6, 6.07) is 2.76. The van der Waals surface area contributed by atoms with Crippen molar-refractivity contribution in [3.8, 4) is 5.75 Å². The zero-order valence-corrected chi connectivity index (χ0v) is 11.9. The molecule has 0 aliphatic heterocycles. The largest absolute Gasteiger partial charge is 0.490 e. The lowest BCUT2D eigenvalue weighted by Crippen LogP contribution is -2.07. The molecule has 0 spiro atoms. The third kappa shape index (κ3) is 4.44. The maximum atomic E-state index is 13.6. The number of nitrogens with one attached hydrogen (secondary N) is 1. The lowest BCUT2D eigenvalue weighted by Gasteiger charge is -2.13. The second kappa shape index (κ2) is 6.49.